The molecule has 1 aromatic rings. The summed E-state index contributed by atoms with van der Waals surface area (Å²) in [6.07, 6.45) is 1.99. The average Bonchev–Trinajstić information content (AvgIpc) is 2.61. The molecule has 0 aromatic carbocycles. The Labute approximate surface area is 89.3 Å². The zero-order valence-corrected chi connectivity index (χ0v) is 9.78. The summed E-state index contributed by atoms with van der Waals surface area (Å²) in [6, 6.07) is 4.18. The number of carbonyl (C=O) groups is 1. The Morgan fingerprint density at radius 3 is 2.50 bits per heavy atom. The lowest BCUT2D eigenvalue weighted by Gasteiger charge is -2.13. The molecule has 0 saturated carbocycles. The van der Waals surface area contributed by atoms with Crippen molar-refractivity contribution in [2.45, 2.75) is 39.7 Å². The number of nitrogens with one attached hydrogen (secondary N) is 1. The Hall–Kier alpha value is -0.830. The number of aryl methyl sites for hydroxylation is 1. The predicted molar refractivity (Wildman–Crippen MR) is 60.9 cm³/mol. The summed E-state index contributed by atoms with van der Waals surface area (Å²) in [7, 11) is 0. The van der Waals surface area contributed by atoms with Crippen LogP contribution in [0.25, 0.3) is 0 Å². The van der Waals surface area contributed by atoms with Gasteiger partial charge in [-0.15, -0.1) is 11.3 Å². The van der Waals surface area contributed by atoms with Crippen molar-refractivity contribution >= 4 is 17.2 Å². The van der Waals surface area contributed by atoms with Crippen LogP contribution in [0.1, 0.15) is 41.2 Å². The molecule has 14 heavy (non-hydrogen) atoms. The molecule has 0 aliphatic heterocycles. The van der Waals surface area contributed by atoms with E-state index in [1.54, 1.807) is 11.3 Å². The van der Waals surface area contributed by atoms with Crippen molar-refractivity contribution in [3.8, 4) is 0 Å². The Balaban J connectivity index is 2.58. The maximum absolute atomic E-state index is 11.7. The fraction of sp³-hybridized carbons (Fsp3) is 0.545. The summed E-state index contributed by atoms with van der Waals surface area (Å²) >= 11 is 1.55. The SMILES string of the molecule is CCC(CC)NC(=O)c1ccc(C)s1. The van der Waals surface area contributed by atoms with Crippen LogP contribution in [-0.4, -0.2) is 11.9 Å². The van der Waals surface area contributed by atoms with Gasteiger partial charge in [0, 0.05) is 10.9 Å². The molecule has 1 N–H and O–H groups in total. The van der Waals surface area contributed by atoms with Gasteiger partial charge in [-0.05, 0) is 31.9 Å². The van der Waals surface area contributed by atoms with E-state index < -0.39 is 0 Å². The van der Waals surface area contributed by atoms with Crippen molar-refractivity contribution in [3.63, 3.8) is 0 Å². The summed E-state index contributed by atoms with van der Waals surface area (Å²) in [5.41, 5.74) is 0. The zero-order valence-electron chi connectivity index (χ0n) is 8.96. The van der Waals surface area contributed by atoms with E-state index in [0.717, 1.165) is 17.7 Å². The van der Waals surface area contributed by atoms with Crippen LogP contribution in [0.2, 0.25) is 0 Å². The zero-order chi connectivity index (χ0) is 10.6. The maximum atomic E-state index is 11.7. The van der Waals surface area contributed by atoms with Gasteiger partial charge in [-0.3, -0.25) is 4.79 Å². The van der Waals surface area contributed by atoms with Gasteiger partial charge in [0.05, 0.1) is 4.88 Å². The minimum Gasteiger partial charge on any atom is -0.349 e. The minimum absolute atomic E-state index is 0.0665. The first-order valence-electron chi connectivity index (χ1n) is 5.04. The molecule has 2 nitrogen and oxygen atoms in total. The number of hydrogen-bond donors (Lipinski definition) is 1. The predicted octanol–water partition coefficient (Wildman–Crippen LogP) is 2.97. The van der Waals surface area contributed by atoms with Gasteiger partial charge in [-0.1, -0.05) is 13.8 Å². The van der Waals surface area contributed by atoms with Gasteiger partial charge in [-0.25, -0.2) is 0 Å². The third kappa shape index (κ3) is 2.84. The van der Waals surface area contributed by atoms with Crippen LogP contribution in [0.15, 0.2) is 12.1 Å². The van der Waals surface area contributed by atoms with E-state index in [4.69, 9.17) is 0 Å². The highest BCUT2D eigenvalue weighted by atomic mass is 32.1. The molecule has 0 aliphatic rings. The molecule has 0 aliphatic carbocycles. The first kappa shape index (κ1) is 11.2. The van der Waals surface area contributed by atoms with Crippen molar-refractivity contribution in [1.82, 2.24) is 5.32 Å². The molecule has 1 heterocycles. The molecule has 1 rings (SSSR count). The summed E-state index contributed by atoms with van der Waals surface area (Å²) in [6.45, 7) is 6.20. The molecule has 0 bridgehead atoms. The van der Waals surface area contributed by atoms with Gasteiger partial charge in [0.2, 0.25) is 0 Å². The molecule has 78 valence electrons. The number of hydrogen-bond acceptors (Lipinski definition) is 2. The second-order valence-corrected chi connectivity index (χ2v) is 4.69. The lowest BCUT2D eigenvalue weighted by atomic mass is 10.2. The number of amides is 1. The molecular formula is C11H17NOS. The van der Waals surface area contributed by atoms with Crippen LogP contribution in [0.4, 0.5) is 0 Å². The number of thiophene rings is 1. The molecule has 0 atom stereocenters. The maximum Gasteiger partial charge on any atom is 0.261 e. The molecular weight excluding hydrogens is 194 g/mol. The van der Waals surface area contributed by atoms with E-state index in [-0.39, 0.29) is 5.91 Å². The summed E-state index contributed by atoms with van der Waals surface area (Å²) in [4.78, 5) is 13.7. The molecule has 0 saturated heterocycles. The number of carbonyl (C=O) groups excluding carboxylic acids is 1. The Kier molecular flexibility index (Phi) is 4.14. The largest absolute Gasteiger partial charge is 0.349 e. The van der Waals surface area contributed by atoms with Crippen molar-refractivity contribution < 1.29 is 4.79 Å². The fourth-order valence-corrected chi connectivity index (χ4v) is 2.08. The second-order valence-electron chi connectivity index (χ2n) is 3.40. The molecule has 3 heteroatoms. The third-order valence-electron chi connectivity index (χ3n) is 2.28. The topological polar surface area (TPSA) is 29.1 Å². The van der Waals surface area contributed by atoms with E-state index in [1.807, 2.05) is 19.1 Å². The lowest BCUT2D eigenvalue weighted by molar-refractivity contribution is 0.0939. The molecule has 1 amide bonds. The quantitative estimate of drug-likeness (QED) is 0.815. The summed E-state index contributed by atoms with van der Waals surface area (Å²) in [5, 5.41) is 3.02. The van der Waals surface area contributed by atoms with Crippen LogP contribution >= 0.6 is 11.3 Å². The Morgan fingerprint density at radius 1 is 1.43 bits per heavy atom. The van der Waals surface area contributed by atoms with Crippen LogP contribution in [0.5, 0.6) is 0 Å². The summed E-state index contributed by atoms with van der Waals surface area (Å²) < 4.78 is 0. The van der Waals surface area contributed by atoms with Crippen LogP contribution in [0, 0.1) is 6.92 Å². The first-order chi connectivity index (χ1) is 6.67. The van der Waals surface area contributed by atoms with Crippen LogP contribution < -0.4 is 5.32 Å². The highest BCUT2D eigenvalue weighted by molar-refractivity contribution is 7.13. The van der Waals surface area contributed by atoms with Gasteiger partial charge in [-0.2, -0.15) is 0 Å². The highest BCUT2D eigenvalue weighted by Crippen LogP contribution is 2.15. The molecule has 0 fully saturated rings. The standard InChI is InChI=1S/C11H17NOS/c1-4-9(5-2)12-11(13)10-7-6-8(3)14-10/h6-7,9H,4-5H2,1-3H3,(H,12,13). The molecule has 0 radical (unpaired) electrons. The molecule has 0 unspecified atom stereocenters. The third-order valence-corrected chi connectivity index (χ3v) is 3.28. The molecule has 1 aromatic heterocycles. The Bertz CT molecular complexity index is 302. The highest BCUT2D eigenvalue weighted by Gasteiger charge is 2.11. The van der Waals surface area contributed by atoms with E-state index in [1.165, 1.54) is 4.88 Å². The monoisotopic (exact) mass is 211 g/mol. The van der Waals surface area contributed by atoms with Gasteiger partial charge in [0.25, 0.3) is 5.91 Å². The van der Waals surface area contributed by atoms with E-state index >= 15 is 0 Å². The minimum atomic E-state index is 0.0665. The van der Waals surface area contributed by atoms with Gasteiger partial charge >= 0.3 is 0 Å². The summed E-state index contributed by atoms with van der Waals surface area (Å²) in [5.74, 6) is 0.0665. The van der Waals surface area contributed by atoms with Gasteiger partial charge < -0.3 is 5.32 Å². The smallest absolute Gasteiger partial charge is 0.261 e. The van der Waals surface area contributed by atoms with E-state index in [2.05, 4.69) is 19.2 Å². The van der Waals surface area contributed by atoms with Gasteiger partial charge in [0.1, 0.15) is 0 Å². The van der Waals surface area contributed by atoms with Gasteiger partial charge in [0.15, 0.2) is 0 Å². The molecule has 0 spiro atoms. The number of rotatable bonds is 4. The van der Waals surface area contributed by atoms with E-state index in [9.17, 15) is 4.79 Å². The van der Waals surface area contributed by atoms with Crippen molar-refractivity contribution in [3.05, 3.63) is 21.9 Å². The fourth-order valence-electron chi connectivity index (χ4n) is 1.31. The van der Waals surface area contributed by atoms with Crippen molar-refractivity contribution in [2.75, 3.05) is 0 Å². The van der Waals surface area contributed by atoms with Crippen molar-refractivity contribution in [1.29, 1.82) is 0 Å². The van der Waals surface area contributed by atoms with Crippen molar-refractivity contribution in [2.24, 2.45) is 0 Å². The Morgan fingerprint density at radius 2 is 2.07 bits per heavy atom. The first-order valence-corrected chi connectivity index (χ1v) is 5.86. The average molecular weight is 211 g/mol. The second kappa shape index (κ2) is 5.15. The lowest BCUT2D eigenvalue weighted by Crippen LogP contribution is -2.33. The normalized spacial score (nSPS) is 10.6. The van der Waals surface area contributed by atoms with Crippen LogP contribution in [0.3, 0.4) is 0 Å². The van der Waals surface area contributed by atoms with Crippen LogP contribution in [-0.2, 0) is 0 Å². The van der Waals surface area contributed by atoms with E-state index in [0.29, 0.717) is 6.04 Å².